The summed E-state index contributed by atoms with van der Waals surface area (Å²) in [7, 11) is 6.36. The van der Waals surface area contributed by atoms with Crippen LogP contribution in [0.3, 0.4) is 0 Å². The molecule has 0 radical (unpaired) electrons. The molecular weight excluding hydrogens is 360 g/mol. The van der Waals surface area contributed by atoms with E-state index in [0.717, 1.165) is 25.1 Å². The number of nitrogens with one attached hydrogen (secondary N) is 1. The number of hydrogen-bond donors (Lipinski definition) is 1. The normalized spacial score (nSPS) is 15.9. The van der Waals surface area contributed by atoms with E-state index < -0.39 is 0 Å². The van der Waals surface area contributed by atoms with Gasteiger partial charge in [-0.15, -0.1) is 0 Å². The number of rotatable bonds is 7. The molecule has 1 aliphatic rings. The predicted molar refractivity (Wildman–Crippen MR) is 108 cm³/mol. The molecule has 0 aliphatic carbocycles. The quantitative estimate of drug-likeness (QED) is 0.787. The first kappa shape index (κ1) is 19.7. The van der Waals surface area contributed by atoms with E-state index in [1.165, 1.54) is 0 Å². The van der Waals surface area contributed by atoms with Crippen molar-refractivity contribution in [2.45, 2.75) is 18.9 Å². The Labute approximate surface area is 165 Å². The van der Waals surface area contributed by atoms with Crippen LogP contribution in [0.1, 0.15) is 12.8 Å². The van der Waals surface area contributed by atoms with Crippen LogP contribution in [0.15, 0.2) is 36.4 Å². The fourth-order valence-electron chi connectivity index (χ4n) is 3.49. The smallest absolute Gasteiger partial charge is 0.247 e. The van der Waals surface area contributed by atoms with Crippen LogP contribution in [0.5, 0.6) is 23.0 Å². The fourth-order valence-corrected chi connectivity index (χ4v) is 3.49. The summed E-state index contributed by atoms with van der Waals surface area (Å²) in [5, 5.41) is 2.99. The Morgan fingerprint density at radius 2 is 1.50 bits per heavy atom. The van der Waals surface area contributed by atoms with Crippen molar-refractivity contribution in [3.63, 3.8) is 0 Å². The van der Waals surface area contributed by atoms with Gasteiger partial charge in [0.1, 0.15) is 6.04 Å². The second-order valence-electron chi connectivity index (χ2n) is 6.45. The average Bonchev–Trinajstić information content (AvgIpc) is 3.23. The number of carbonyl (C=O) groups excluding carboxylic acids is 1. The topological polar surface area (TPSA) is 69.3 Å². The summed E-state index contributed by atoms with van der Waals surface area (Å²) < 4.78 is 21.3. The SMILES string of the molecule is COc1ccc(NC(=O)[C@H]2CCCN2c2ccc(OC)c(OC)c2)cc1OC. The molecule has 7 heteroatoms. The molecule has 1 amide bonds. The average molecular weight is 386 g/mol. The summed E-state index contributed by atoms with van der Waals surface area (Å²) in [4.78, 5) is 15.0. The van der Waals surface area contributed by atoms with Crippen molar-refractivity contribution in [2.24, 2.45) is 0 Å². The van der Waals surface area contributed by atoms with E-state index in [1.54, 1.807) is 46.6 Å². The van der Waals surface area contributed by atoms with Crippen LogP contribution in [0.4, 0.5) is 11.4 Å². The van der Waals surface area contributed by atoms with Crippen LogP contribution in [-0.2, 0) is 4.79 Å². The first-order valence-electron chi connectivity index (χ1n) is 9.12. The third kappa shape index (κ3) is 3.93. The van der Waals surface area contributed by atoms with Gasteiger partial charge >= 0.3 is 0 Å². The van der Waals surface area contributed by atoms with E-state index >= 15 is 0 Å². The Morgan fingerprint density at radius 1 is 0.893 bits per heavy atom. The molecular formula is C21H26N2O5. The molecule has 3 rings (SSSR count). The molecule has 1 N–H and O–H groups in total. The van der Waals surface area contributed by atoms with E-state index in [1.807, 2.05) is 18.2 Å². The number of nitrogens with zero attached hydrogens (tertiary/aromatic N) is 1. The summed E-state index contributed by atoms with van der Waals surface area (Å²) in [6, 6.07) is 10.8. The molecule has 0 spiro atoms. The number of amides is 1. The van der Waals surface area contributed by atoms with Gasteiger partial charge in [-0.05, 0) is 37.1 Å². The molecule has 28 heavy (non-hydrogen) atoms. The van der Waals surface area contributed by atoms with Gasteiger partial charge in [-0.2, -0.15) is 0 Å². The lowest BCUT2D eigenvalue weighted by Crippen LogP contribution is -2.39. The molecule has 1 atom stereocenters. The van der Waals surface area contributed by atoms with E-state index in [2.05, 4.69) is 10.2 Å². The summed E-state index contributed by atoms with van der Waals surface area (Å²) in [5.74, 6) is 2.44. The number of methoxy groups -OCH3 is 4. The van der Waals surface area contributed by atoms with Gasteiger partial charge in [0.2, 0.25) is 5.91 Å². The summed E-state index contributed by atoms with van der Waals surface area (Å²) in [6.45, 7) is 0.805. The lowest BCUT2D eigenvalue weighted by Gasteiger charge is -2.26. The minimum atomic E-state index is -0.258. The number of anilines is 2. The molecule has 7 nitrogen and oxygen atoms in total. The molecule has 1 fully saturated rings. The van der Waals surface area contributed by atoms with Crippen LogP contribution in [0.2, 0.25) is 0 Å². The lowest BCUT2D eigenvalue weighted by molar-refractivity contribution is -0.117. The number of ether oxygens (including phenoxy) is 4. The Bertz CT molecular complexity index is 840. The highest BCUT2D eigenvalue weighted by molar-refractivity contribution is 5.97. The molecule has 0 unspecified atom stereocenters. The van der Waals surface area contributed by atoms with Crippen molar-refractivity contribution >= 4 is 17.3 Å². The van der Waals surface area contributed by atoms with Gasteiger partial charge < -0.3 is 29.2 Å². The first-order chi connectivity index (χ1) is 13.6. The molecule has 1 heterocycles. The van der Waals surface area contributed by atoms with Gasteiger partial charge in [0.05, 0.1) is 28.4 Å². The van der Waals surface area contributed by atoms with Crippen LogP contribution in [-0.4, -0.2) is 46.9 Å². The summed E-state index contributed by atoms with van der Waals surface area (Å²) in [5.41, 5.74) is 1.60. The Balaban J connectivity index is 1.78. The molecule has 0 bridgehead atoms. The second-order valence-corrected chi connectivity index (χ2v) is 6.45. The highest BCUT2D eigenvalue weighted by atomic mass is 16.5. The maximum atomic E-state index is 12.9. The van der Waals surface area contributed by atoms with Crippen molar-refractivity contribution in [3.8, 4) is 23.0 Å². The van der Waals surface area contributed by atoms with Crippen molar-refractivity contribution in [2.75, 3.05) is 45.2 Å². The molecule has 2 aromatic carbocycles. The number of carbonyl (C=O) groups is 1. The highest BCUT2D eigenvalue weighted by Crippen LogP contribution is 2.35. The molecule has 0 saturated carbocycles. The third-order valence-corrected chi connectivity index (χ3v) is 4.91. The highest BCUT2D eigenvalue weighted by Gasteiger charge is 2.31. The van der Waals surface area contributed by atoms with E-state index in [-0.39, 0.29) is 11.9 Å². The maximum Gasteiger partial charge on any atom is 0.247 e. The van der Waals surface area contributed by atoms with Crippen molar-refractivity contribution < 1.29 is 23.7 Å². The second kappa shape index (κ2) is 8.73. The summed E-state index contributed by atoms with van der Waals surface area (Å²) in [6.07, 6.45) is 1.73. The number of benzene rings is 2. The standard InChI is InChI=1S/C21H26N2O5/c1-25-17-9-7-14(12-19(17)27-3)22-21(24)16-6-5-11-23(16)15-8-10-18(26-2)20(13-15)28-4/h7-10,12-13,16H,5-6,11H2,1-4H3,(H,22,24)/t16-/m1/s1. The van der Waals surface area contributed by atoms with Gasteiger partial charge in [-0.25, -0.2) is 0 Å². The van der Waals surface area contributed by atoms with Crippen LogP contribution < -0.4 is 29.2 Å². The molecule has 1 aliphatic heterocycles. The third-order valence-electron chi connectivity index (χ3n) is 4.91. The zero-order valence-corrected chi connectivity index (χ0v) is 16.7. The predicted octanol–water partition coefficient (Wildman–Crippen LogP) is 3.33. The van der Waals surface area contributed by atoms with E-state index in [9.17, 15) is 4.79 Å². The van der Waals surface area contributed by atoms with Crippen LogP contribution in [0, 0.1) is 0 Å². The van der Waals surface area contributed by atoms with Gasteiger partial charge in [0.25, 0.3) is 0 Å². The minimum Gasteiger partial charge on any atom is -0.493 e. The zero-order chi connectivity index (χ0) is 20.1. The molecule has 1 saturated heterocycles. The van der Waals surface area contributed by atoms with E-state index in [0.29, 0.717) is 28.7 Å². The Hall–Kier alpha value is -3.09. The lowest BCUT2D eigenvalue weighted by atomic mass is 10.1. The minimum absolute atomic E-state index is 0.0560. The van der Waals surface area contributed by atoms with Crippen molar-refractivity contribution in [1.29, 1.82) is 0 Å². The monoisotopic (exact) mass is 386 g/mol. The summed E-state index contributed by atoms with van der Waals surface area (Å²) >= 11 is 0. The maximum absolute atomic E-state index is 12.9. The molecule has 150 valence electrons. The zero-order valence-electron chi connectivity index (χ0n) is 16.7. The van der Waals surface area contributed by atoms with Crippen LogP contribution in [0.25, 0.3) is 0 Å². The largest absolute Gasteiger partial charge is 0.493 e. The van der Waals surface area contributed by atoms with Gasteiger partial charge in [0.15, 0.2) is 23.0 Å². The first-order valence-corrected chi connectivity index (χ1v) is 9.12. The van der Waals surface area contributed by atoms with Gasteiger partial charge in [-0.3, -0.25) is 4.79 Å². The van der Waals surface area contributed by atoms with Gasteiger partial charge in [0, 0.05) is 30.1 Å². The Morgan fingerprint density at radius 3 is 2.14 bits per heavy atom. The Kier molecular flexibility index (Phi) is 6.13. The van der Waals surface area contributed by atoms with Crippen molar-refractivity contribution in [3.05, 3.63) is 36.4 Å². The van der Waals surface area contributed by atoms with Crippen LogP contribution >= 0.6 is 0 Å². The fraction of sp³-hybridized carbons (Fsp3) is 0.381. The van der Waals surface area contributed by atoms with Gasteiger partial charge in [-0.1, -0.05) is 0 Å². The molecule has 2 aromatic rings. The number of hydrogen-bond acceptors (Lipinski definition) is 6. The molecule has 0 aromatic heterocycles. The van der Waals surface area contributed by atoms with Crippen molar-refractivity contribution in [1.82, 2.24) is 0 Å². The van der Waals surface area contributed by atoms with E-state index in [4.69, 9.17) is 18.9 Å².